The van der Waals surface area contributed by atoms with Gasteiger partial charge in [-0.1, -0.05) is 43.5 Å². The largest absolute Gasteiger partial charge is 0.399 e. The second-order valence-corrected chi connectivity index (χ2v) is 4.17. The van der Waals surface area contributed by atoms with E-state index in [2.05, 4.69) is 13.2 Å². The second kappa shape index (κ2) is 4.80. The van der Waals surface area contributed by atoms with Gasteiger partial charge < -0.3 is 11.5 Å². The zero-order valence-corrected chi connectivity index (χ0v) is 10.2. The monoisotopic (exact) mass is 236 g/mol. The van der Waals surface area contributed by atoms with Gasteiger partial charge in [-0.2, -0.15) is 0 Å². The SMILES string of the molecule is C=C/C=c1\c(=C/C(=C)N)ccc2cc(N)ccc12. The number of hydrogen-bond acceptors (Lipinski definition) is 2. The summed E-state index contributed by atoms with van der Waals surface area (Å²) in [5, 5.41) is 4.33. The Hall–Kier alpha value is -2.48. The van der Waals surface area contributed by atoms with Crippen molar-refractivity contribution in [3.63, 3.8) is 0 Å². The molecule has 0 atom stereocenters. The highest BCUT2D eigenvalue weighted by Crippen LogP contribution is 2.12. The normalized spacial score (nSPS) is 12.9. The first-order valence-corrected chi connectivity index (χ1v) is 5.69. The Balaban J connectivity index is 2.97. The van der Waals surface area contributed by atoms with Crippen LogP contribution in [-0.2, 0) is 0 Å². The van der Waals surface area contributed by atoms with Crippen molar-refractivity contribution in [2.45, 2.75) is 0 Å². The Bertz CT molecular complexity index is 740. The fraction of sp³-hybridized carbons (Fsp3) is 0. The average Bonchev–Trinajstić information content (AvgIpc) is 2.31. The molecule has 90 valence electrons. The van der Waals surface area contributed by atoms with E-state index in [1.165, 1.54) is 0 Å². The molecule has 2 heteroatoms. The van der Waals surface area contributed by atoms with Crippen molar-refractivity contribution >= 4 is 28.6 Å². The number of anilines is 1. The lowest BCUT2D eigenvalue weighted by molar-refractivity contribution is 1.48. The quantitative estimate of drug-likeness (QED) is 0.779. The molecule has 4 N–H and O–H groups in total. The molecule has 0 saturated heterocycles. The predicted molar refractivity (Wildman–Crippen MR) is 80.1 cm³/mol. The Labute approximate surface area is 106 Å². The molecule has 0 spiro atoms. The van der Waals surface area contributed by atoms with Crippen LogP contribution in [0.5, 0.6) is 0 Å². The minimum Gasteiger partial charge on any atom is -0.399 e. The third kappa shape index (κ3) is 2.28. The van der Waals surface area contributed by atoms with Gasteiger partial charge in [-0.05, 0) is 39.4 Å². The highest BCUT2D eigenvalue weighted by atomic mass is 14.5. The molecule has 0 heterocycles. The highest BCUT2D eigenvalue weighted by molar-refractivity contribution is 5.87. The molecule has 0 fully saturated rings. The number of nitrogen functional groups attached to an aromatic ring is 1. The van der Waals surface area contributed by atoms with E-state index >= 15 is 0 Å². The number of allylic oxidation sites excluding steroid dienone is 2. The zero-order chi connectivity index (χ0) is 13.1. The Morgan fingerprint density at radius 2 is 1.94 bits per heavy atom. The summed E-state index contributed by atoms with van der Waals surface area (Å²) in [6.07, 6.45) is 5.58. The van der Waals surface area contributed by atoms with Gasteiger partial charge in [0.05, 0.1) is 0 Å². The average molecular weight is 236 g/mol. The van der Waals surface area contributed by atoms with Gasteiger partial charge in [-0.25, -0.2) is 0 Å². The van der Waals surface area contributed by atoms with Gasteiger partial charge >= 0.3 is 0 Å². The van der Waals surface area contributed by atoms with Crippen LogP contribution in [0, 0.1) is 0 Å². The van der Waals surface area contributed by atoms with E-state index in [9.17, 15) is 0 Å². The van der Waals surface area contributed by atoms with Crippen molar-refractivity contribution in [2.75, 3.05) is 5.73 Å². The molecule has 0 aliphatic carbocycles. The summed E-state index contributed by atoms with van der Waals surface area (Å²) in [5.41, 5.74) is 12.7. The third-order valence-electron chi connectivity index (χ3n) is 2.74. The van der Waals surface area contributed by atoms with Crippen LogP contribution < -0.4 is 21.9 Å². The van der Waals surface area contributed by atoms with E-state index in [0.29, 0.717) is 5.70 Å². The van der Waals surface area contributed by atoms with Gasteiger partial charge in [0.2, 0.25) is 0 Å². The number of hydrogen-bond donors (Lipinski definition) is 2. The molecule has 0 unspecified atom stereocenters. The van der Waals surface area contributed by atoms with E-state index < -0.39 is 0 Å². The minimum absolute atomic E-state index is 0.531. The van der Waals surface area contributed by atoms with Gasteiger partial charge in [0.15, 0.2) is 0 Å². The lowest BCUT2D eigenvalue weighted by Crippen LogP contribution is -2.25. The molecule has 0 amide bonds. The van der Waals surface area contributed by atoms with E-state index in [-0.39, 0.29) is 0 Å². The summed E-state index contributed by atoms with van der Waals surface area (Å²) in [5.74, 6) is 0. The molecular weight excluding hydrogens is 220 g/mol. The molecule has 0 aliphatic rings. The predicted octanol–water partition coefficient (Wildman–Crippen LogP) is 1.64. The highest BCUT2D eigenvalue weighted by Gasteiger charge is 1.97. The molecular formula is C16H16N2. The molecule has 0 aromatic heterocycles. The number of benzene rings is 2. The minimum atomic E-state index is 0.531. The third-order valence-corrected chi connectivity index (χ3v) is 2.74. The summed E-state index contributed by atoms with van der Waals surface area (Å²) in [7, 11) is 0. The second-order valence-electron chi connectivity index (χ2n) is 4.17. The van der Waals surface area contributed by atoms with Gasteiger partial charge in [-0.3, -0.25) is 0 Å². The van der Waals surface area contributed by atoms with Crippen LogP contribution in [-0.4, -0.2) is 0 Å². The van der Waals surface area contributed by atoms with E-state index in [4.69, 9.17) is 11.5 Å². The Kier molecular flexibility index (Phi) is 3.20. The lowest BCUT2D eigenvalue weighted by atomic mass is 10.0. The molecule has 2 aromatic rings. The number of nitrogens with two attached hydrogens (primary N) is 2. The van der Waals surface area contributed by atoms with Crippen LogP contribution in [0.15, 0.2) is 55.3 Å². The molecule has 0 bridgehead atoms. The van der Waals surface area contributed by atoms with Gasteiger partial charge in [0, 0.05) is 11.4 Å². The standard InChI is InChI=1S/C16H16N2/c1-3-4-15-12(9-11(2)17)5-6-13-10-14(18)7-8-16(13)15/h3-10H,1-2,17-18H2/b12-9-,15-4+. The maximum atomic E-state index is 5.79. The maximum Gasteiger partial charge on any atom is 0.0320 e. The molecule has 2 aromatic carbocycles. The van der Waals surface area contributed by atoms with Crippen LogP contribution in [0.3, 0.4) is 0 Å². The number of rotatable bonds is 2. The number of fused-ring (bicyclic) bond motifs is 1. The molecule has 0 saturated carbocycles. The summed E-state index contributed by atoms with van der Waals surface area (Å²) < 4.78 is 0. The van der Waals surface area contributed by atoms with Crippen molar-refractivity contribution in [3.8, 4) is 0 Å². The van der Waals surface area contributed by atoms with Crippen LogP contribution in [0.2, 0.25) is 0 Å². The van der Waals surface area contributed by atoms with E-state index in [1.54, 1.807) is 6.08 Å². The smallest absolute Gasteiger partial charge is 0.0320 e. The van der Waals surface area contributed by atoms with Crippen LogP contribution >= 0.6 is 0 Å². The van der Waals surface area contributed by atoms with Crippen LogP contribution in [0.25, 0.3) is 22.9 Å². The van der Waals surface area contributed by atoms with Gasteiger partial charge in [0.1, 0.15) is 0 Å². The first kappa shape index (κ1) is 12.0. The van der Waals surface area contributed by atoms with Crippen molar-refractivity contribution in [1.29, 1.82) is 0 Å². The van der Waals surface area contributed by atoms with Crippen molar-refractivity contribution < 1.29 is 0 Å². The first-order valence-electron chi connectivity index (χ1n) is 5.69. The van der Waals surface area contributed by atoms with Crippen molar-refractivity contribution in [1.82, 2.24) is 0 Å². The van der Waals surface area contributed by atoms with Crippen LogP contribution in [0.1, 0.15) is 0 Å². The first-order chi connectivity index (χ1) is 8.61. The molecule has 18 heavy (non-hydrogen) atoms. The Morgan fingerprint density at radius 1 is 1.17 bits per heavy atom. The molecule has 0 aliphatic heterocycles. The lowest BCUT2D eigenvalue weighted by Gasteiger charge is -2.02. The summed E-state index contributed by atoms with van der Waals surface area (Å²) in [6.45, 7) is 7.46. The Morgan fingerprint density at radius 3 is 2.61 bits per heavy atom. The van der Waals surface area contributed by atoms with Crippen molar-refractivity contribution in [2.24, 2.45) is 5.73 Å². The molecule has 2 nitrogen and oxygen atoms in total. The molecule has 2 rings (SSSR count). The fourth-order valence-electron chi connectivity index (χ4n) is 2.02. The van der Waals surface area contributed by atoms with Gasteiger partial charge in [0.25, 0.3) is 0 Å². The van der Waals surface area contributed by atoms with E-state index in [0.717, 1.165) is 26.9 Å². The van der Waals surface area contributed by atoms with Gasteiger partial charge in [-0.15, -0.1) is 0 Å². The maximum absolute atomic E-state index is 5.79. The van der Waals surface area contributed by atoms with E-state index in [1.807, 2.05) is 42.5 Å². The topological polar surface area (TPSA) is 52.0 Å². The molecule has 0 radical (unpaired) electrons. The summed E-state index contributed by atoms with van der Waals surface area (Å²) in [4.78, 5) is 0. The van der Waals surface area contributed by atoms with Crippen molar-refractivity contribution in [3.05, 3.63) is 65.7 Å². The van der Waals surface area contributed by atoms with Crippen LogP contribution in [0.4, 0.5) is 5.69 Å². The zero-order valence-electron chi connectivity index (χ0n) is 10.2. The fourth-order valence-corrected chi connectivity index (χ4v) is 2.02. The summed E-state index contributed by atoms with van der Waals surface area (Å²) >= 11 is 0. The summed E-state index contributed by atoms with van der Waals surface area (Å²) in [6, 6.07) is 9.90.